The van der Waals surface area contributed by atoms with Crippen LogP contribution >= 0.6 is 0 Å². The third-order valence-electron chi connectivity index (χ3n) is 2.03. The molecule has 0 N–H and O–H groups in total. The molecule has 1 aromatic carbocycles. The monoisotopic (exact) mass is 193 g/mol. The van der Waals surface area contributed by atoms with Crippen molar-refractivity contribution in [3.05, 3.63) is 33.9 Å². The highest BCUT2D eigenvalue weighted by atomic mass is 16.6. The number of benzene rings is 1. The van der Waals surface area contributed by atoms with Crippen LogP contribution in [0.25, 0.3) is 0 Å². The van der Waals surface area contributed by atoms with Crippen LogP contribution in [0.3, 0.4) is 0 Å². The van der Waals surface area contributed by atoms with E-state index in [1.54, 1.807) is 0 Å². The predicted octanol–water partition coefficient (Wildman–Crippen LogP) is 1.10. The number of fused-ring (bicyclic) bond motifs is 1. The number of non-ortho nitro benzene ring substituents is 1. The quantitative estimate of drug-likeness (QED) is 0.494. The number of hydrogen-bond acceptors (Lipinski definition) is 4. The summed E-state index contributed by atoms with van der Waals surface area (Å²) >= 11 is 0. The zero-order valence-corrected chi connectivity index (χ0v) is 7.23. The van der Waals surface area contributed by atoms with Crippen LogP contribution in [0.4, 0.5) is 5.69 Å². The Morgan fingerprint density at radius 1 is 1.43 bits per heavy atom. The standard InChI is InChI=1S/C9H7NO4/c11-8-4-6-3-7(10(12)13)1-2-9(6)14-5-8/h1-3H,4-5H2. The molecule has 0 radical (unpaired) electrons. The number of nitrogens with zero attached hydrogens (tertiary/aromatic N) is 1. The van der Waals surface area contributed by atoms with Crippen molar-refractivity contribution in [2.24, 2.45) is 0 Å². The van der Waals surface area contributed by atoms with Crippen molar-refractivity contribution < 1.29 is 14.5 Å². The highest BCUT2D eigenvalue weighted by Crippen LogP contribution is 2.27. The molecular weight excluding hydrogens is 186 g/mol. The van der Waals surface area contributed by atoms with E-state index in [9.17, 15) is 14.9 Å². The Bertz CT molecular complexity index is 413. The molecule has 5 heteroatoms. The van der Waals surface area contributed by atoms with Gasteiger partial charge in [0.15, 0.2) is 5.78 Å². The first-order valence-corrected chi connectivity index (χ1v) is 4.08. The first kappa shape index (κ1) is 8.68. The molecular formula is C9H7NO4. The van der Waals surface area contributed by atoms with Gasteiger partial charge in [-0.25, -0.2) is 0 Å². The Labute approximate surface area is 79.4 Å². The Morgan fingerprint density at radius 2 is 2.21 bits per heavy atom. The summed E-state index contributed by atoms with van der Waals surface area (Å²) in [7, 11) is 0. The number of carbonyl (C=O) groups is 1. The zero-order chi connectivity index (χ0) is 10.1. The van der Waals surface area contributed by atoms with Gasteiger partial charge in [-0.1, -0.05) is 0 Å². The second-order valence-electron chi connectivity index (χ2n) is 3.05. The maximum atomic E-state index is 11.0. The minimum absolute atomic E-state index is 0.0120. The third-order valence-corrected chi connectivity index (χ3v) is 2.03. The number of nitro groups is 1. The molecule has 1 aromatic rings. The van der Waals surface area contributed by atoms with Crippen LogP contribution in [0.15, 0.2) is 18.2 Å². The van der Waals surface area contributed by atoms with Crippen LogP contribution < -0.4 is 4.74 Å². The molecule has 72 valence electrons. The van der Waals surface area contributed by atoms with Gasteiger partial charge < -0.3 is 4.74 Å². The van der Waals surface area contributed by atoms with E-state index < -0.39 is 4.92 Å². The Morgan fingerprint density at radius 3 is 2.93 bits per heavy atom. The lowest BCUT2D eigenvalue weighted by molar-refractivity contribution is -0.384. The summed E-state index contributed by atoms with van der Waals surface area (Å²) in [6.07, 6.45) is 0.219. The van der Waals surface area contributed by atoms with Gasteiger partial charge in [0.05, 0.1) is 4.92 Å². The molecule has 1 heterocycles. The predicted molar refractivity (Wildman–Crippen MR) is 47.3 cm³/mol. The van der Waals surface area contributed by atoms with E-state index in [-0.39, 0.29) is 24.5 Å². The van der Waals surface area contributed by atoms with E-state index in [4.69, 9.17) is 4.74 Å². The summed E-state index contributed by atoms with van der Waals surface area (Å²) in [5.41, 5.74) is 0.581. The SMILES string of the molecule is O=C1COc2ccc([N+](=O)[O-])cc2C1. The largest absolute Gasteiger partial charge is 0.486 e. The molecule has 5 nitrogen and oxygen atoms in total. The van der Waals surface area contributed by atoms with E-state index in [1.807, 2.05) is 0 Å². The maximum Gasteiger partial charge on any atom is 0.269 e. The average molecular weight is 193 g/mol. The van der Waals surface area contributed by atoms with E-state index in [2.05, 4.69) is 0 Å². The normalized spacial score (nSPS) is 14.4. The van der Waals surface area contributed by atoms with Crippen LogP contribution in [-0.2, 0) is 11.2 Å². The van der Waals surface area contributed by atoms with Crippen LogP contribution in [0, 0.1) is 10.1 Å². The minimum atomic E-state index is -0.487. The molecule has 0 aromatic heterocycles. The first-order valence-electron chi connectivity index (χ1n) is 4.08. The summed E-state index contributed by atoms with van der Waals surface area (Å²) in [6.45, 7) is 0.0603. The summed E-state index contributed by atoms with van der Waals surface area (Å²) < 4.78 is 5.10. The Balaban J connectivity index is 2.42. The van der Waals surface area contributed by atoms with Crippen molar-refractivity contribution in [2.45, 2.75) is 6.42 Å². The summed E-state index contributed by atoms with van der Waals surface area (Å²) in [4.78, 5) is 21.0. The lowest BCUT2D eigenvalue weighted by Gasteiger charge is -2.15. The van der Waals surface area contributed by atoms with E-state index in [1.165, 1.54) is 18.2 Å². The number of ether oxygens (including phenoxy) is 1. The van der Waals surface area contributed by atoms with Crippen molar-refractivity contribution in [3.63, 3.8) is 0 Å². The molecule has 0 aliphatic carbocycles. The van der Waals surface area contributed by atoms with Crippen LogP contribution in [0.2, 0.25) is 0 Å². The van der Waals surface area contributed by atoms with Gasteiger partial charge in [-0.3, -0.25) is 14.9 Å². The molecule has 0 atom stereocenters. The van der Waals surface area contributed by atoms with Gasteiger partial charge in [0, 0.05) is 24.1 Å². The number of Topliss-reactive ketones (excluding diaryl/α,β-unsaturated/α-hetero) is 1. The highest BCUT2D eigenvalue weighted by Gasteiger charge is 2.19. The highest BCUT2D eigenvalue weighted by molar-refractivity contribution is 5.84. The zero-order valence-electron chi connectivity index (χ0n) is 7.23. The van der Waals surface area contributed by atoms with Gasteiger partial charge in [-0.05, 0) is 6.07 Å². The third kappa shape index (κ3) is 1.44. The molecule has 1 aliphatic rings. The maximum absolute atomic E-state index is 11.0. The second kappa shape index (κ2) is 3.10. The molecule has 0 amide bonds. The molecule has 1 aliphatic heterocycles. The molecule has 0 fully saturated rings. The van der Waals surface area contributed by atoms with Gasteiger partial charge in [0.1, 0.15) is 12.4 Å². The lowest BCUT2D eigenvalue weighted by atomic mass is 10.1. The minimum Gasteiger partial charge on any atom is -0.486 e. The fourth-order valence-electron chi connectivity index (χ4n) is 1.38. The molecule has 0 spiro atoms. The van der Waals surface area contributed by atoms with Crippen molar-refractivity contribution in [3.8, 4) is 5.75 Å². The molecule has 0 saturated heterocycles. The fourth-order valence-corrected chi connectivity index (χ4v) is 1.38. The average Bonchev–Trinajstić information content (AvgIpc) is 2.16. The molecule has 0 bridgehead atoms. The number of carbonyl (C=O) groups excluding carboxylic acids is 1. The Hall–Kier alpha value is -1.91. The van der Waals surface area contributed by atoms with Crippen molar-refractivity contribution >= 4 is 11.5 Å². The van der Waals surface area contributed by atoms with Crippen LogP contribution in [0.5, 0.6) is 5.75 Å². The van der Waals surface area contributed by atoms with E-state index >= 15 is 0 Å². The first-order chi connectivity index (χ1) is 6.66. The summed E-state index contributed by atoms with van der Waals surface area (Å²) in [5, 5.41) is 10.4. The lowest BCUT2D eigenvalue weighted by Crippen LogP contribution is -2.20. The second-order valence-corrected chi connectivity index (χ2v) is 3.05. The van der Waals surface area contributed by atoms with Gasteiger partial charge in [-0.2, -0.15) is 0 Å². The topological polar surface area (TPSA) is 69.4 Å². The summed E-state index contributed by atoms with van der Waals surface area (Å²) in [5.74, 6) is 0.508. The van der Waals surface area contributed by atoms with Crippen molar-refractivity contribution in [1.82, 2.24) is 0 Å². The molecule has 2 rings (SSSR count). The number of hydrogen-bond donors (Lipinski definition) is 0. The molecule has 0 unspecified atom stereocenters. The van der Waals surface area contributed by atoms with Gasteiger partial charge in [0.2, 0.25) is 0 Å². The summed E-state index contributed by atoms with van der Waals surface area (Å²) in [6, 6.07) is 4.28. The molecule has 14 heavy (non-hydrogen) atoms. The van der Waals surface area contributed by atoms with Gasteiger partial charge >= 0.3 is 0 Å². The number of nitro benzene ring substituents is 1. The van der Waals surface area contributed by atoms with Crippen LogP contribution in [-0.4, -0.2) is 17.3 Å². The van der Waals surface area contributed by atoms with Gasteiger partial charge in [-0.15, -0.1) is 0 Å². The van der Waals surface area contributed by atoms with Crippen molar-refractivity contribution in [2.75, 3.05) is 6.61 Å². The number of rotatable bonds is 1. The van der Waals surface area contributed by atoms with Crippen LogP contribution in [0.1, 0.15) is 5.56 Å². The van der Waals surface area contributed by atoms with E-state index in [0.29, 0.717) is 11.3 Å². The fraction of sp³-hybridized carbons (Fsp3) is 0.222. The smallest absolute Gasteiger partial charge is 0.269 e. The van der Waals surface area contributed by atoms with Crippen molar-refractivity contribution in [1.29, 1.82) is 0 Å². The van der Waals surface area contributed by atoms with E-state index in [0.717, 1.165) is 0 Å². The Kier molecular flexibility index (Phi) is 1.92. The molecule has 0 saturated carbocycles. The number of ketones is 1. The van der Waals surface area contributed by atoms with Gasteiger partial charge in [0.25, 0.3) is 5.69 Å².